The number of carbonyl (C=O) groups is 1. The molecule has 0 aliphatic rings. The number of hydrogen-bond donors (Lipinski definition) is 0. The predicted molar refractivity (Wildman–Crippen MR) is 89.7 cm³/mol. The number of benzene rings is 3. The fourth-order valence-corrected chi connectivity index (χ4v) is 2.68. The number of hydrogen-bond acceptors (Lipinski definition) is 2. The molecule has 0 N–H and O–H groups in total. The van der Waals surface area contributed by atoms with E-state index in [-0.39, 0.29) is 5.97 Å². The second kappa shape index (κ2) is 6.44. The Morgan fingerprint density at radius 2 is 1.64 bits per heavy atom. The van der Waals surface area contributed by atoms with Gasteiger partial charge in [0.15, 0.2) is 0 Å². The fraction of sp³-hybridized carbons (Fsp3) is 0.150. The summed E-state index contributed by atoms with van der Waals surface area (Å²) in [5, 5.41) is 2.42. The van der Waals surface area contributed by atoms with Crippen molar-refractivity contribution in [1.82, 2.24) is 0 Å². The highest BCUT2D eigenvalue weighted by Gasteiger charge is 2.10. The van der Waals surface area contributed by atoms with Gasteiger partial charge in [-0.15, -0.1) is 0 Å². The van der Waals surface area contributed by atoms with E-state index in [1.54, 1.807) is 0 Å². The van der Waals surface area contributed by atoms with Crippen molar-refractivity contribution < 1.29 is 9.53 Å². The van der Waals surface area contributed by atoms with Crippen LogP contribution in [0.15, 0.2) is 66.7 Å². The van der Waals surface area contributed by atoms with Crippen LogP contribution < -0.4 is 0 Å². The Morgan fingerprint density at radius 3 is 2.45 bits per heavy atom. The van der Waals surface area contributed by atoms with Crippen molar-refractivity contribution in [3.05, 3.63) is 72.3 Å². The first-order valence-electron chi connectivity index (χ1n) is 7.50. The van der Waals surface area contributed by atoms with Crippen LogP contribution in [0.1, 0.15) is 12.5 Å². The Hall–Kier alpha value is -2.61. The molecular formula is C20H18O2. The van der Waals surface area contributed by atoms with E-state index in [2.05, 4.69) is 36.4 Å². The Morgan fingerprint density at radius 1 is 0.909 bits per heavy atom. The maximum Gasteiger partial charge on any atom is 0.310 e. The SMILES string of the molecule is CCO[13C](=O)[13CH2]c1ccccc1-c1ccc2ccccc2c1. The molecule has 22 heavy (non-hydrogen) atoms. The third kappa shape index (κ3) is 3.01. The Bertz CT molecular complexity index is 805. The molecule has 0 fully saturated rings. The lowest BCUT2D eigenvalue weighted by molar-refractivity contribution is -0.142. The fourth-order valence-electron chi connectivity index (χ4n) is 2.68. The average Bonchev–Trinajstić information content (AvgIpc) is 2.55. The Labute approximate surface area is 130 Å². The van der Waals surface area contributed by atoms with Crippen LogP contribution in [0.5, 0.6) is 0 Å². The molecule has 0 aliphatic carbocycles. The van der Waals surface area contributed by atoms with E-state index in [4.69, 9.17) is 4.74 Å². The molecule has 0 saturated heterocycles. The summed E-state index contributed by atoms with van der Waals surface area (Å²) >= 11 is 0. The van der Waals surface area contributed by atoms with Crippen LogP contribution in [0.2, 0.25) is 0 Å². The molecule has 0 heterocycles. The van der Waals surface area contributed by atoms with Gasteiger partial charge in [0.2, 0.25) is 0 Å². The van der Waals surface area contributed by atoms with Crippen molar-refractivity contribution >= 4 is 16.7 Å². The molecule has 0 radical (unpaired) electrons. The molecule has 0 atom stereocenters. The van der Waals surface area contributed by atoms with Gasteiger partial charge < -0.3 is 4.74 Å². The zero-order chi connectivity index (χ0) is 15.4. The van der Waals surface area contributed by atoms with Gasteiger partial charge in [0.1, 0.15) is 0 Å². The van der Waals surface area contributed by atoms with Crippen molar-refractivity contribution in [2.75, 3.05) is 6.61 Å². The first kappa shape index (κ1) is 14.3. The normalized spacial score (nSPS) is 10.6. The van der Waals surface area contributed by atoms with Gasteiger partial charge in [-0.1, -0.05) is 60.7 Å². The Kier molecular flexibility index (Phi) is 4.19. The van der Waals surface area contributed by atoms with E-state index in [0.29, 0.717) is 13.0 Å². The minimum atomic E-state index is -0.185. The lowest BCUT2D eigenvalue weighted by Crippen LogP contribution is -2.08. The van der Waals surface area contributed by atoms with Crippen LogP contribution in [-0.4, -0.2) is 12.6 Å². The third-order valence-corrected chi connectivity index (χ3v) is 3.72. The van der Waals surface area contributed by atoms with Gasteiger partial charge >= 0.3 is 5.97 Å². The quantitative estimate of drug-likeness (QED) is 0.518. The number of esters is 1. The highest BCUT2D eigenvalue weighted by Crippen LogP contribution is 2.27. The maximum absolute atomic E-state index is 11.8. The monoisotopic (exact) mass is 292 g/mol. The molecule has 2 nitrogen and oxygen atoms in total. The summed E-state index contributed by atoms with van der Waals surface area (Å²) in [5.74, 6) is -0.185. The van der Waals surface area contributed by atoms with Gasteiger partial charge in [0, 0.05) is 0 Å². The van der Waals surface area contributed by atoms with Crippen LogP contribution in [0.3, 0.4) is 0 Å². The average molecular weight is 292 g/mol. The number of ether oxygens (including phenoxy) is 1. The zero-order valence-electron chi connectivity index (χ0n) is 12.6. The lowest BCUT2D eigenvalue weighted by Gasteiger charge is -2.10. The molecular weight excluding hydrogens is 274 g/mol. The molecule has 0 aromatic heterocycles. The zero-order valence-corrected chi connectivity index (χ0v) is 12.6. The van der Waals surface area contributed by atoms with E-state index in [1.807, 2.05) is 37.3 Å². The smallest absolute Gasteiger partial charge is 0.310 e. The molecule has 3 rings (SSSR count). The molecule has 0 saturated carbocycles. The molecule has 0 amide bonds. The van der Waals surface area contributed by atoms with Crippen molar-refractivity contribution in [2.45, 2.75) is 13.3 Å². The molecule has 0 spiro atoms. The van der Waals surface area contributed by atoms with Crippen molar-refractivity contribution in [3.63, 3.8) is 0 Å². The third-order valence-electron chi connectivity index (χ3n) is 3.72. The minimum absolute atomic E-state index is 0.185. The summed E-state index contributed by atoms with van der Waals surface area (Å²) in [6.45, 7) is 2.24. The van der Waals surface area contributed by atoms with Crippen molar-refractivity contribution in [3.8, 4) is 11.1 Å². The van der Waals surface area contributed by atoms with Crippen LogP contribution >= 0.6 is 0 Å². The van der Waals surface area contributed by atoms with E-state index in [1.165, 1.54) is 10.8 Å². The maximum atomic E-state index is 11.8. The Balaban J connectivity index is 2.01. The van der Waals surface area contributed by atoms with Gasteiger partial charge in [-0.2, -0.15) is 0 Å². The van der Waals surface area contributed by atoms with E-state index in [0.717, 1.165) is 16.7 Å². The molecule has 0 bridgehead atoms. The summed E-state index contributed by atoms with van der Waals surface area (Å²) in [6.07, 6.45) is 0.302. The molecule has 0 aliphatic heterocycles. The van der Waals surface area contributed by atoms with Crippen molar-refractivity contribution in [1.29, 1.82) is 0 Å². The van der Waals surface area contributed by atoms with E-state index in [9.17, 15) is 4.79 Å². The van der Waals surface area contributed by atoms with Gasteiger partial charge in [0.05, 0.1) is 13.0 Å². The summed E-state index contributed by atoms with van der Waals surface area (Å²) in [7, 11) is 0. The second-order valence-corrected chi connectivity index (χ2v) is 5.20. The molecule has 110 valence electrons. The first-order chi connectivity index (χ1) is 10.8. The minimum Gasteiger partial charge on any atom is -0.466 e. The van der Waals surface area contributed by atoms with Gasteiger partial charge in [-0.25, -0.2) is 0 Å². The number of carbonyl (C=O) groups excluding carboxylic acids is 1. The summed E-state index contributed by atoms with van der Waals surface area (Å²) < 4.78 is 5.07. The van der Waals surface area contributed by atoms with Crippen LogP contribution in [0, 0.1) is 0 Å². The molecule has 2 heteroatoms. The van der Waals surface area contributed by atoms with Crippen molar-refractivity contribution in [2.24, 2.45) is 0 Å². The van der Waals surface area contributed by atoms with Gasteiger partial charge in [-0.3, -0.25) is 4.79 Å². The molecule has 0 unspecified atom stereocenters. The first-order valence-corrected chi connectivity index (χ1v) is 7.50. The van der Waals surface area contributed by atoms with Gasteiger partial charge in [-0.05, 0) is 40.5 Å². The number of rotatable bonds is 4. The lowest BCUT2D eigenvalue weighted by atomic mass is 9.99. The second-order valence-electron chi connectivity index (χ2n) is 5.20. The summed E-state index contributed by atoms with van der Waals surface area (Å²) in [4.78, 5) is 11.8. The highest BCUT2D eigenvalue weighted by molar-refractivity contribution is 5.88. The predicted octanol–water partition coefficient (Wildman–Crippen LogP) is 4.61. The van der Waals surface area contributed by atoms with Crippen LogP contribution in [0.4, 0.5) is 0 Å². The largest absolute Gasteiger partial charge is 0.466 e. The topological polar surface area (TPSA) is 26.3 Å². The molecule has 3 aromatic carbocycles. The summed E-state index contributed by atoms with van der Waals surface area (Å²) in [5.41, 5.74) is 3.20. The number of fused-ring (bicyclic) bond motifs is 1. The molecule has 3 aromatic rings. The van der Waals surface area contributed by atoms with E-state index >= 15 is 0 Å². The van der Waals surface area contributed by atoms with E-state index < -0.39 is 0 Å². The van der Waals surface area contributed by atoms with Crippen LogP contribution in [-0.2, 0) is 16.0 Å². The highest BCUT2D eigenvalue weighted by atomic mass is 16.6. The van der Waals surface area contributed by atoms with Gasteiger partial charge in [0.25, 0.3) is 0 Å². The van der Waals surface area contributed by atoms with Crippen LogP contribution in [0.25, 0.3) is 21.9 Å². The standard InChI is InChI=1S/C20H18O2/c1-2-22-20(21)14-17-9-5-6-10-19(17)18-12-11-15-7-3-4-8-16(15)13-18/h3-13H,2,14H2,1H3/i14+1,20+1. The summed E-state index contributed by atoms with van der Waals surface area (Å²) in [6, 6.07) is 22.7.